The highest BCUT2D eigenvalue weighted by molar-refractivity contribution is 7.89. The van der Waals surface area contributed by atoms with E-state index in [0.717, 1.165) is 5.56 Å². The number of nitriles is 1. The third kappa shape index (κ3) is 4.00. The van der Waals surface area contributed by atoms with Crippen LogP contribution in [0.3, 0.4) is 0 Å². The summed E-state index contributed by atoms with van der Waals surface area (Å²) in [4.78, 5) is 12.9. The van der Waals surface area contributed by atoms with Gasteiger partial charge in [0.25, 0.3) is 5.91 Å². The number of carbonyl (C=O) groups excluding carboxylic acids is 1. The van der Waals surface area contributed by atoms with Crippen LogP contribution in [0.25, 0.3) is 6.08 Å². The average molecular weight is 424 g/mol. The number of nitrogens with one attached hydrogen (secondary N) is 2. The number of aromatic nitrogens is 1. The first-order valence-electron chi connectivity index (χ1n) is 9.00. The highest BCUT2D eigenvalue weighted by atomic mass is 32.2. The quantitative estimate of drug-likeness (QED) is 0.645. The number of aryl methyl sites for hydroxylation is 2. The molecular formula is C21H20N4O4S. The molecule has 1 aliphatic rings. The van der Waals surface area contributed by atoms with Crippen LogP contribution in [0.5, 0.6) is 0 Å². The number of fused-ring (bicyclic) bond motifs is 1. The number of aliphatic hydroxyl groups excluding tert-OH is 1. The summed E-state index contributed by atoms with van der Waals surface area (Å²) in [5.74, 6) is 4.53. The van der Waals surface area contributed by atoms with Gasteiger partial charge in [-0.1, -0.05) is 24.1 Å². The highest BCUT2D eigenvalue weighted by Crippen LogP contribution is 2.27. The van der Waals surface area contributed by atoms with E-state index >= 15 is 0 Å². The molecule has 2 unspecified atom stereocenters. The van der Waals surface area contributed by atoms with Gasteiger partial charge in [-0.25, -0.2) is 13.1 Å². The fourth-order valence-electron chi connectivity index (χ4n) is 3.17. The number of benzene rings is 1. The summed E-state index contributed by atoms with van der Waals surface area (Å²) in [6, 6.07) is 6.04. The summed E-state index contributed by atoms with van der Waals surface area (Å²) in [6.07, 6.45) is 3.07. The number of carbonyl (C=O) groups is 1. The van der Waals surface area contributed by atoms with E-state index in [-0.39, 0.29) is 16.2 Å². The zero-order valence-corrected chi connectivity index (χ0v) is 17.4. The van der Waals surface area contributed by atoms with Gasteiger partial charge in [0.05, 0.1) is 17.7 Å². The maximum atomic E-state index is 13.0. The highest BCUT2D eigenvalue weighted by Gasteiger charge is 2.32. The molecule has 154 valence electrons. The standard InChI is InChI=1S/C21H20N4O4S/c1-4-5-18(26)17-9-8-16-19(30(28,29)24-17)12-25(3)20(16)21(27)23-15-7-6-13(2)14(10-15)11-22/h6-10,12,17-18,24,26H,1-3H3,(H,23,27). The lowest BCUT2D eigenvalue weighted by Crippen LogP contribution is -2.40. The zero-order valence-electron chi connectivity index (χ0n) is 16.6. The van der Waals surface area contributed by atoms with E-state index < -0.39 is 28.1 Å². The largest absolute Gasteiger partial charge is 0.378 e. The van der Waals surface area contributed by atoms with Crippen LogP contribution in [-0.2, 0) is 17.1 Å². The van der Waals surface area contributed by atoms with Crippen molar-refractivity contribution in [1.29, 1.82) is 5.26 Å². The predicted octanol–water partition coefficient (Wildman–Crippen LogP) is 1.52. The van der Waals surface area contributed by atoms with E-state index in [4.69, 9.17) is 0 Å². The van der Waals surface area contributed by atoms with E-state index in [1.165, 1.54) is 29.8 Å². The molecule has 0 aliphatic carbocycles. The first-order chi connectivity index (χ1) is 14.2. The number of amides is 1. The number of hydrogen-bond donors (Lipinski definition) is 3. The SMILES string of the molecule is CC#CC(O)C1C=Cc2c(cn(C)c2C(=O)Nc2ccc(C)c(C#N)c2)S(=O)(=O)N1. The fourth-order valence-corrected chi connectivity index (χ4v) is 4.62. The smallest absolute Gasteiger partial charge is 0.272 e. The van der Waals surface area contributed by atoms with Gasteiger partial charge in [0.1, 0.15) is 16.7 Å². The van der Waals surface area contributed by atoms with Gasteiger partial charge in [0, 0.05) is 24.5 Å². The molecule has 0 bridgehead atoms. The Bertz CT molecular complexity index is 1260. The van der Waals surface area contributed by atoms with Gasteiger partial charge in [-0.2, -0.15) is 5.26 Å². The lowest BCUT2D eigenvalue weighted by molar-refractivity contribution is 0.101. The zero-order chi connectivity index (χ0) is 22.1. The van der Waals surface area contributed by atoms with Crippen molar-refractivity contribution in [1.82, 2.24) is 9.29 Å². The topological polar surface area (TPSA) is 124 Å². The van der Waals surface area contributed by atoms with Crippen LogP contribution in [0.15, 0.2) is 35.4 Å². The van der Waals surface area contributed by atoms with E-state index in [0.29, 0.717) is 11.3 Å². The van der Waals surface area contributed by atoms with E-state index in [1.807, 2.05) is 0 Å². The summed E-state index contributed by atoms with van der Waals surface area (Å²) in [7, 11) is -2.43. The molecule has 2 aromatic rings. The second-order valence-corrected chi connectivity index (χ2v) is 8.49. The molecule has 3 N–H and O–H groups in total. The van der Waals surface area contributed by atoms with Crippen LogP contribution >= 0.6 is 0 Å². The van der Waals surface area contributed by atoms with Crippen molar-refractivity contribution in [2.75, 3.05) is 5.32 Å². The minimum Gasteiger partial charge on any atom is -0.378 e. The molecule has 30 heavy (non-hydrogen) atoms. The number of aliphatic hydroxyl groups is 1. The maximum absolute atomic E-state index is 13.0. The monoisotopic (exact) mass is 424 g/mol. The molecule has 1 amide bonds. The molecule has 2 atom stereocenters. The molecule has 0 spiro atoms. The van der Waals surface area contributed by atoms with Crippen molar-refractivity contribution in [3.05, 3.63) is 52.9 Å². The lowest BCUT2D eigenvalue weighted by Gasteiger charge is -2.15. The molecule has 1 aromatic heterocycles. The van der Waals surface area contributed by atoms with Crippen molar-refractivity contribution in [3.8, 4) is 17.9 Å². The van der Waals surface area contributed by atoms with Crippen LogP contribution in [0.1, 0.15) is 34.1 Å². The van der Waals surface area contributed by atoms with Crippen LogP contribution in [-0.4, -0.2) is 36.1 Å². The molecule has 2 heterocycles. The first-order valence-corrected chi connectivity index (χ1v) is 10.5. The molecule has 0 radical (unpaired) electrons. The van der Waals surface area contributed by atoms with Gasteiger partial charge in [-0.05, 0) is 31.5 Å². The van der Waals surface area contributed by atoms with Gasteiger partial charge < -0.3 is 15.0 Å². The normalized spacial score (nSPS) is 17.6. The molecule has 0 saturated carbocycles. The second kappa shape index (κ2) is 8.17. The van der Waals surface area contributed by atoms with Crippen LogP contribution in [0, 0.1) is 30.1 Å². The van der Waals surface area contributed by atoms with Crippen LogP contribution in [0.2, 0.25) is 0 Å². The van der Waals surface area contributed by atoms with Gasteiger partial charge in [0.2, 0.25) is 10.0 Å². The molecule has 1 aliphatic heterocycles. The predicted molar refractivity (Wildman–Crippen MR) is 112 cm³/mol. The van der Waals surface area contributed by atoms with E-state index in [9.17, 15) is 23.6 Å². The summed E-state index contributed by atoms with van der Waals surface area (Å²) < 4.78 is 29.4. The Labute approximate surface area is 174 Å². The second-order valence-electron chi connectivity index (χ2n) is 6.81. The summed E-state index contributed by atoms with van der Waals surface area (Å²) in [5.41, 5.74) is 1.96. The third-order valence-electron chi connectivity index (χ3n) is 4.70. The summed E-state index contributed by atoms with van der Waals surface area (Å²) >= 11 is 0. The van der Waals surface area contributed by atoms with Gasteiger partial charge in [-0.15, -0.1) is 5.92 Å². The Kier molecular flexibility index (Phi) is 5.81. The molecule has 9 heteroatoms. The minimum absolute atomic E-state index is 0.0767. The van der Waals surface area contributed by atoms with E-state index in [2.05, 4.69) is 27.9 Å². The van der Waals surface area contributed by atoms with Crippen LogP contribution in [0.4, 0.5) is 5.69 Å². The Morgan fingerprint density at radius 2 is 2.13 bits per heavy atom. The summed E-state index contributed by atoms with van der Waals surface area (Å²) in [5, 5.41) is 22.0. The fraction of sp³-hybridized carbons (Fsp3) is 0.238. The molecule has 1 aromatic carbocycles. The molecular weight excluding hydrogens is 404 g/mol. The van der Waals surface area contributed by atoms with Crippen molar-refractivity contribution in [3.63, 3.8) is 0 Å². The van der Waals surface area contributed by atoms with Crippen molar-refractivity contribution in [2.24, 2.45) is 7.05 Å². The Morgan fingerprint density at radius 1 is 1.40 bits per heavy atom. The minimum atomic E-state index is -4.00. The first kappa shape index (κ1) is 21.3. The van der Waals surface area contributed by atoms with Gasteiger partial charge in [-0.3, -0.25) is 4.79 Å². The van der Waals surface area contributed by atoms with E-state index in [1.54, 1.807) is 32.2 Å². The third-order valence-corrected chi connectivity index (χ3v) is 6.19. The van der Waals surface area contributed by atoms with Gasteiger partial charge >= 0.3 is 0 Å². The summed E-state index contributed by atoms with van der Waals surface area (Å²) in [6.45, 7) is 3.33. The van der Waals surface area contributed by atoms with Gasteiger partial charge in [0.15, 0.2) is 0 Å². The van der Waals surface area contributed by atoms with Crippen LogP contribution < -0.4 is 10.0 Å². The lowest BCUT2D eigenvalue weighted by atomic mass is 10.1. The Balaban J connectivity index is 2.02. The molecule has 3 rings (SSSR count). The molecule has 0 fully saturated rings. The molecule has 0 saturated heterocycles. The maximum Gasteiger partial charge on any atom is 0.272 e. The Morgan fingerprint density at radius 3 is 2.80 bits per heavy atom. The van der Waals surface area contributed by atoms with Crippen molar-refractivity contribution >= 4 is 27.7 Å². The number of anilines is 1. The average Bonchev–Trinajstić information content (AvgIpc) is 2.97. The number of rotatable bonds is 3. The van der Waals surface area contributed by atoms with Crippen molar-refractivity contribution in [2.45, 2.75) is 30.9 Å². The number of hydrogen-bond acceptors (Lipinski definition) is 5. The molecule has 8 nitrogen and oxygen atoms in total. The number of nitrogens with zero attached hydrogens (tertiary/aromatic N) is 2. The van der Waals surface area contributed by atoms with Crippen molar-refractivity contribution < 1.29 is 18.3 Å². The number of sulfonamides is 1. The Hall–Kier alpha value is -3.37.